The van der Waals surface area contributed by atoms with Gasteiger partial charge in [-0.15, -0.1) is 10.2 Å². The number of hydrogen-bond donors (Lipinski definition) is 2. The molecule has 2 rings (SSSR count). The number of urea groups is 1. The van der Waals surface area contributed by atoms with Crippen molar-refractivity contribution in [1.82, 2.24) is 15.1 Å². The molecule has 0 aliphatic heterocycles. The van der Waals surface area contributed by atoms with Crippen molar-refractivity contribution in [1.29, 1.82) is 0 Å². The first-order valence-corrected chi connectivity index (χ1v) is 7.68. The van der Waals surface area contributed by atoms with Crippen LogP contribution in [0.1, 0.15) is 17.5 Å². The number of benzene rings is 1. The molecular formula is C14H17FN4O2S. The van der Waals surface area contributed by atoms with Gasteiger partial charge in [-0.25, -0.2) is 9.18 Å². The summed E-state index contributed by atoms with van der Waals surface area (Å²) in [5, 5.41) is 20.3. The van der Waals surface area contributed by atoms with Crippen molar-refractivity contribution in [3.63, 3.8) is 0 Å². The van der Waals surface area contributed by atoms with Crippen molar-refractivity contribution in [2.24, 2.45) is 0 Å². The molecule has 0 aliphatic rings. The molecule has 22 heavy (non-hydrogen) atoms. The van der Waals surface area contributed by atoms with Gasteiger partial charge in [-0.3, -0.25) is 5.32 Å². The molecule has 0 radical (unpaired) electrons. The van der Waals surface area contributed by atoms with Crippen LogP contribution in [0.15, 0.2) is 24.3 Å². The molecule has 1 aromatic heterocycles. The lowest BCUT2D eigenvalue weighted by Crippen LogP contribution is -2.36. The number of carbonyl (C=O) groups excluding carboxylic acids is 1. The third-order valence-electron chi connectivity index (χ3n) is 3.02. The normalized spacial score (nSPS) is 10.5. The van der Waals surface area contributed by atoms with Crippen molar-refractivity contribution in [2.45, 2.75) is 13.3 Å². The van der Waals surface area contributed by atoms with E-state index in [1.54, 1.807) is 18.2 Å². The number of nitrogens with one attached hydrogen (secondary N) is 1. The molecule has 2 aromatic rings. The summed E-state index contributed by atoms with van der Waals surface area (Å²) >= 11 is 1.20. The maximum atomic E-state index is 13.6. The first-order valence-electron chi connectivity index (χ1n) is 6.86. The van der Waals surface area contributed by atoms with Gasteiger partial charge in [0.2, 0.25) is 5.13 Å². The van der Waals surface area contributed by atoms with Crippen LogP contribution in [-0.4, -0.2) is 45.9 Å². The first-order chi connectivity index (χ1) is 10.6. The number of carbonyl (C=O) groups is 1. The summed E-state index contributed by atoms with van der Waals surface area (Å²) in [4.78, 5) is 13.4. The number of likely N-dealkylation sites (N-methyl/N-ethyl adjacent to an activating group) is 1. The SMILES string of the molecule is CCN(CCO)C(=O)Nc1nnc(Cc2ccccc2F)s1. The maximum Gasteiger partial charge on any atom is 0.323 e. The van der Waals surface area contributed by atoms with Gasteiger partial charge in [0.25, 0.3) is 0 Å². The minimum absolute atomic E-state index is 0.101. The van der Waals surface area contributed by atoms with Gasteiger partial charge in [-0.05, 0) is 18.6 Å². The lowest BCUT2D eigenvalue weighted by molar-refractivity contribution is 0.192. The maximum absolute atomic E-state index is 13.6. The third kappa shape index (κ3) is 4.22. The smallest absolute Gasteiger partial charge is 0.323 e. The van der Waals surface area contributed by atoms with Gasteiger partial charge in [-0.1, -0.05) is 29.5 Å². The molecule has 118 valence electrons. The summed E-state index contributed by atoms with van der Waals surface area (Å²) in [5.41, 5.74) is 0.534. The highest BCUT2D eigenvalue weighted by Crippen LogP contribution is 2.20. The fourth-order valence-electron chi connectivity index (χ4n) is 1.87. The van der Waals surface area contributed by atoms with Crippen molar-refractivity contribution >= 4 is 22.5 Å². The first kappa shape index (κ1) is 16.3. The van der Waals surface area contributed by atoms with Gasteiger partial charge in [0.05, 0.1) is 6.61 Å². The van der Waals surface area contributed by atoms with E-state index in [2.05, 4.69) is 15.5 Å². The summed E-state index contributed by atoms with van der Waals surface area (Å²) in [7, 11) is 0. The van der Waals surface area contributed by atoms with E-state index in [0.29, 0.717) is 28.7 Å². The number of rotatable bonds is 6. The molecule has 6 nitrogen and oxygen atoms in total. The Labute approximate surface area is 131 Å². The van der Waals surface area contributed by atoms with E-state index < -0.39 is 0 Å². The molecule has 1 aromatic carbocycles. The van der Waals surface area contributed by atoms with Crippen LogP contribution in [-0.2, 0) is 6.42 Å². The van der Waals surface area contributed by atoms with Crippen LogP contribution in [0.4, 0.5) is 14.3 Å². The monoisotopic (exact) mass is 324 g/mol. The predicted molar refractivity (Wildman–Crippen MR) is 82.5 cm³/mol. The fraction of sp³-hybridized carbons (Fsp3) is 0.357. The van der Waals surface area contributed by atoms with Crippen LogP contribution < -0.4 is 5.32 Å². The van der Waals surface area contributed by atoms with Crippen LogP contribution >= 0.6 is 11.3 Å². The zero-order valence-electron chi connectivity index (χ0n) is 12.1. The Bertz CT molecular complexity index is 635. The third-order valence-corrected chi connectivity index (χ3v) is 3.86. The largest absolute Gasteiger partial charge is 0.395 e. The van der Waals surface area contributed by atoms with Crippen LogP contribution in [0, 0.1) is 5.82 Å². The number of nitrogens with zero attached hydrogens (tertiary/aromatic N) is 3. The van der Waals surface area contributed by atoms with Crippen molar-refractivity contribution in [2.75, 3.05) is 25.0 Å². The topological polar surface area (TPSA) is 78.4 Å². The molecule has 0 bridgehead atoms. The minimum Gasteiger partial charge on any atom is -0.395 e. The van der Waals surface area contributed by atoms with Gasteiger partial charge in [0.1, 0.15) is 10.8 Å². The number of aliphatic hydroxyl groups excluding tert-OH is 1. The molecule has 0 spiro atoms. The second-order valence-corrected chi connectivity index (χ2v) is 5.56. The zero-order chi connectivity index (χ0) is 15.9. The Morgan fingerprint density at radius 1 is 1.41 bits per heavy atom. The Kier molecular flexibility index (Phi) is 5.79. The summed E-state index contributed by atoms with van der Waals surface area (Å²) in [6.45, 7) is 2.45. The minimum atomic E-state index is -0.342. The second-order valence-electron chi connectivity index (χ2n) is 4.50. The van der Waals surface area contributed by atoms with Crippen LogP contribution in [0.25, 0.3) is 0 Å². The molecule has 8 heteroatoms. The number of aromatic nitrogens is 2. The van der Waals surface area contributed by atoms with Gasteiger partial charge in [-0.2, -0.15) is 0 Å². The van der Waals surface area contributed by atoms with Crippen LogP contribution in [0.2, 0.25) is 0 Å². The van der Waals surface area contributed by atoms with Crippen LogP contribution in [0.3, 0.4) is 0 Å². The van der Waals surface area contributed by atoms with E-state index in [1.807, 2.05) is 6.92 Å². The molecule has 1 heterocycles. The van der Waals surface area contributed by atoms with Gasteiger partial charge in [0, 0.05) is 19.5 Å². The van der Waals surface area contributed by atoms with Crippen LogP contribution in [0.5, 0.6) is 0 Å². The number of amides is 2. The highest BCUT2D eigenvalue weighted by Gasteiger charge is 2.14. The summed E-state index contributed by atoms with van der Waals surface area (Å²) in [6, 6.07) is 6.13. The fourth-order valence-corrected chi connectivity index (χ4v) is 2.63. The van der Waals surface area contributed by atoms with Gasteiger partial charge in [0.15, 0.2) is 0 Å². The molecule has 2 N–H and O–H groups in total. The summed E-state index contributed by atoms with van der Waals surface area (Å²) in [5.74, 6) is -0.289. The van der Waals surface area contributed by atoms with Crippen molar-refractivity contribution in [3.8, 4) is 0 Å². The van der Waals surface area contributed by atoms with E-state index in [-0.39, 0.29) is 25.0 Å². The molecule has 2 amide bonds. The summed E-state index contributed by atoms with van der Waals surface area (Å²) < 4.78 is 13.6. The lowest BCUT2D eigenvalue weighted by atomic mass is 10.1. The Hall–Kier alpha value is -2.06. The number of anilines is 1. The van der Waals surface area contributed by atoms with E-state index in [0.717, 1.165) is 0 Å². The van der Waals surface area contributed by atoms with Crippen molar-refractivity contribution in [3.05, 3.63) is 40.7 Å². The number of aliphatic hydroxyl groups is 1. The number of halogens is 1. The Balaban J connectivity index is 1.99. The molecule has 0 saturated heterocycles. The molecule has 0 atom stereocenters. The average Bonchev–Trinajstić information content (AvgIpc) is 2.94. The van der Waals surface area contributed by atoms with Crippen molar-refractivity contribution < 1.29 is 14.3 Å². The van der Waals surface area contributed by atoms with Gasteiger partial charge < -0.3 is 10.0 Å². The second kappa shape index (κ2) is 7.81. The molecule has 0 unspecified atom stereocenters. The molecule has 0 saturated carbocycles. The molecule has 0 aliphatic carbocycles. The Morgan fingerprint density at radius 3 is 2.86 bits per heavy atom. The predicted octanol–water partition coefficient (Wildman–Crippen LogP) is 2.11. The average molecular weight is 324 g/mol. The molecule has 0 fully saturated rings. The van der Waals surface area contributed by atoms with E-state index >= 15 is 0 Å². The Morgan fingerprint density at radius 2 is 2.18 bits per heavy atom. The van der Waals surface area contributed by atoms with Gasteiger partial charge >= 0.3 is 6.03 Å². The zero-order valence-corrected chi connectivity index (χ0v) is 12.9. The van der Waals surface area contributed by atoms with E-state index in [1.165, 1.54) is 22.3 Å². The summed E-state index contributed by atoms with van der Waals surface area (Å²) in [6.07, 6.45) is 0.328. The number of hydrogen-bond acceptors (Lipinski definition) is 5. The molecular weight excluding hydrogens is 307 g/mol. The highest BCUT2D eigenvalue weighted by molar-refractivity contribution is 7.15. The van der Waals surface area contributed by atoms with E-state index in [9.17, 15) is 9.18 Å². The highest BCUT2D eigenvalue weighted by atomic mass is 32.1. The van der Waals surface area contributed by atoms with E-state index in [4.69, 9.17) is 5.11 Å². The standard InChI is InChI=1S/C14H17FN4O2S/c1-2-19(7-8-20)14(21)16-13-18-17-12(22-13)9-10-5-3-4-6-11(10)15/h3-6,20H,2,7-9H2,1H3,(H,16,18,21). The lowest BCUT2D eigenvalue weighted by Gasteiger charge is -2.18. The quantitative estimate of drug-likeness (QED) is 0.853.